The third kappa shape index (κ3) is 5.96. The summed E-state index contributed by atoms with van der Waals surface area (Å²) < 4.78 is 28.2. The van der Waals surface area contributed by atoms with Crippen LogP contribution in [0.2, 0.25) is 0 Å². The Morgan fingerprint density at radius 1 is 1.11 bits per heavy atom. The van der Waals surface area contributed by atoms with Crippen LogP contribution in [0.5, 0.6) is 0 Å². The van der Waals surface area contributed by atoms with E-state index in [4.69, 9.17) is 0 Å². The maximum atomic E-state index is 12.7. The topological polar surface area (TPSA) is 113 Å². The van der Waals surface area contributed by atoms with Crippen molar-refractivity contribution in [1.82, 2.24) is 19.8 Å². The van der Waals surface area contributed by atoms with E-state index in [9.17, 15) is 18.0 Å². The van der Waals surface area contributed by atoms with E-state index in [1.165, 1.54) is 6.07 Å². The molecule has 4 rings (SSSR count). The Morgan fingerprint density at radius 3 is 2.57 bits per heavy atom. The first kappa shape index (κ1) is 25.0. The van der Waals surface area contributed by atoms with Crippen molar-refractivity contribution in [2.45, 2.75) is 4.90 Å². The summed E-state index contributed by atoms with van der Waals surface area (Å²) in [6.07, 6.45) is 3.70. The van der Waals surface area contributed by atoms with Crippen LogP contribution in [0.1, 0.15) is 10.4 Å². The van der Waals surface area contributed by atoms with Gasteiger partial charge in [-0.05, 0) is 78.6 Å². The first-order valence-electron chi connectivity index (χ1n) is 10.5. The Balaban J connectivity index is 1.46. The molecule has 0 unspecified atom stereocenters. The molecule has 0 aliphatic carbocycles. The van der Waals surface area contributed by atoms with Gasteiger partial charge in [0.2, 0.25) is 0 Å². The van der Waals surface area contributed by atoms with Crippen molar-refractivity contribution in [3.8, 4) is 5.69 Å². The highest BCUT2D eigenvalue weighted by molar-refractivity contribution is 9.10. The Labute approximate surface area is 214 Å². The van der Waals surface area contributed by atoms with Crippen molar-refractivity contribution in [1.29, 1.82) is 0 Å². The average Bonchev–Trinajstić information content (AvgIpc) is 3.47. The number of imide groups is 1. The third-order valence-corrected chi connectivity index (χ3v) is 8.39. The quantitative estimate of drug-likeness (QED) is 0.342. The maximum Gasteiger partial charge on any atom is 0.327 e. The van der Waals surface area contributed by atoms with Gasteiger partial charge in [0.15, 0.2) is 15.0 Å². The third-order valence-electron chi connectivity index (χ3n) is 5.07. The molecule has 12 heteroatoms. The van der Waals surface area contributed by atoms with Crippen molar-refractivity contribution in [2.24, 2.45) is 0 Å². The molecule has 0 saturated carbocycles. The number of fused-ring (bicyclic) bond motifs is 1. The van der Waals surface area contributed by atoms with Crippen LogP contribution in [-0.4, -0.2) is 61.2 Å². The first-order valence-corrected chi connectivity index (χ1v) is 13.7. The molecule has 2 aromatic heterocycles. The van der Waals surface area contributed by atoms with Gasteiger partial charge >= 0.3 is 6.03 Å². The van der Waals surface area contributed by atoms with Gasteiger partial charge in [-0.25, -0.2) is 18.2 Å². The van der Waals surface area contributed by atoms with E-state index in [0.29, 0.717) is 26.8 Å². The van der Waals surface area contributed by atoms with E-state index < -0.39 is 21.8 Å². The number of hydrogen-bond donors (Lipinski definition) is 2. The zero-order valence-electron chi connectivity index (χ0n) is 18.9. The molecule has 2 aromatic carbocycles. The summed E-state index contributed by atoms with van der Waals surface area (Å²) in [6.45, 7) is 0.411. The number of nitrogens with one attached hydrogen (secondary N) is 2. The molecule has 0 spiro atoms. The molecular weight excluding hydrogens is 554 g/mol. The molecule has 9 nitrogen and oxygen atoms in total. The molecule has 0 saturated heterocycles. The number of halogens is 1. The number of amides is 3. The molecule has 0 fully saturated rings. The largest absolute Gasteiger partial charge is 0.327 e. The van der Waals surface area contributed by atoms with Gasteiger partial charge in [0, 0.05) is 29.1 Å². The minimum atomic E-state index is -3.44. The number of aromatic nitrogens is 2. The van der Waals surface area contributed by atoms with Crippen molar-refractivity contribution in [2.75, 3.05) is 31.7 Å². The summed E-state index contributed by atoms with van der Waals surface area (Å²) in [5.41, 5.74) is 1.61. The highest BCUT2D eigenvalue weighted by Crippen LogP contribution is 2.28. The van der Waals surface area contributed by atoms with Gasteiger partial charge in [0.1, 0.15) is 0 Å². The lowest BCUT2D eigenvalue weighted by molar-refractivity contribution is 0.0966. The monoisotopic (exact) mass is 575 g/mol. The molecule has 2 heterocycles. The molecule has 0 bridgehead atoms. The number of nitrogens with zero attached hydrogens (tertiary/aromatic N) is 3. The van der Waals surface area contributed by atoms with Crippen LogP contribution in [0.3, 0.4) is 0 Å². The molecule has 182 valence electrons. The Kier molecular flexibility index (Phi) is 7.36. The minimum absolute atomic E-state index is 0.00102. The summed E-state index contributed by atoms with van der Waals surface area (Å²) in [7, 11) is 0.181. The van der Waals surface area contributed by atoms with E-state index in [1.54, 1.807) is 29.2 Å². The van der Waals surface area contributed by atoms with Crippen LogP contribution in [0.15, 0.2) is 70.3 Å². The number of urea groups is 1. The summed E-state index contributed by atoms with van der Waals surface area (Å²) in [6, 6.07) is 12.9. The highest BCUT2D eigenvalue weighted by atomic mass is 79.9. The molecular formula is C23H22BrN5O4S2. The van der Waals surface area contributed by atoms with E-state index in [2.05, 4.69) is 31.5 Å². The second-order valence-electron chi connectivity index (χ2n) is 7.93. The normalized spacial score (nSPS) is 11.7. The molecule has 2 N–H and O–H groups in total. The van der Waals surface area contributed by atoms with Crippen molar-refractivity contribution in [3.05, 3.63) is 71.0 Å². The fourth-order valence-corrected chi connectivity index (χ4v) is 6.04. The van der Waals surface area contributed by atoms with Crippen LogP contribution in [0.4, 0.5) is 9.93 Å². The number of carbonyl (C=O) groups excluding carboxylic acids is 2. The fraction of sp³-hybridized carbons (Fsp3) is 0.174. The molecule has 3 amide bonds. The van der Waals surface area contributed by atoms with Gasteiger partial charge in [-0.3, -0.25) is 15.4 Å². The predicted molar refractivity (Wildman–Crippen MR) is 140 cm³/mol. The second-order valence-corrected chi connectivity index (χ2v) is 11.9. The highest BCUT2D eigenvalue weighted by Gasteiger charge is 2.18. The van der Waals surface area contributed by atoms with E-state index >= 15 is 0 Å². The smallest absolute Gasteiger partial charge is 0.324 e. The lowest BCUT2D eigenvalue weighted by Gasteiger charge is -2.09. The van der Waals surface area contributed by atoms with Gasteiger partial charge in [-0.2, -0.15) is 0 Å². The van der Waals surface area contributed by atoms with Crippen molar-refractivity contribution >= 4 is 64.4 Å². The Morgan fingerprint density at radius 2 is 1.86 bits per heavy atom. The lowest BCUT2D eigenvalue weighted by Crippen LogP contribution is -2.34. The molecule has 4 aromatic rings. The summed E-state index contributed by atoms with van der Waals surface area (Å²) in [4.78, 5) is 31.5. The zero-order chi connectivity index (χ0) is 25.2. The second kappa shape index (κ2) is 10.3. The van der Waals surface area contributed by atoms with Gasteiger partial charge in [-0.1, -0.05) is 11.3 Å². The average molecular weight is 576 g/mol. The number of sulfone groups is 1. The summed E-state index contributed by atoms with van der Waals surface area (Å²) in [5.74, 6) is -0.583. The number of rotatable bonds is 7. The van der Waals surface area contributed by atoms with Crippen molar-refractivity contribution < 1.29 is 18.0 Å². The number of carbonyl (C=O) groups is 2. The number of hydrogen-bond acceptors (Lipinski definition) is 7. The number of benzene rings is 2. The van der Waals surface area contributed by atoms with E-state index in [1.807, 2.05) is 49.3 Å². The number of anilines is 1. The van der Waals surface area contributed by atoms with Crippen LogP contribution in [0.25, 0.3) is 15.9 Å². The molecule has 0 aliphatic rings. The van der Waals surface area contributed by atoms with Crippen LogP contribution in [0, 0.1) is 0 Å². The fourth-order valence-electron chi connectivity index (χ4n) is 3.23. The summed E-state index contributed by atoms with van der Waals surface area (Å²) in [5, 5.41) is 5.10. The van der Waals surface area contributed by atoms with Gasteiger partial charge in [0.25, 0.3) is 5.91 Å². The Bertz CT molecular complexity index is 1500. The summed E-state index contributed by atoms with van der Waals surface area (Å²) >= 11 is 4.48. The van der Waals surface area contributed by atoms with Crippen LogP contribution in [-0.2, 0) is 9.84 Å². The standard InChI is InChI=1S/C23H22BrN5O4S2/c1-28(2)11-12-35(32,33)16-6-8-19-20(14-16)34-23(25-19)27-22(31)26-21(30)17-13-15(5-7-18(17)24)29-9-3-4-10-29/h3-10,13-14H,11-12H2,1-2H3,(H2,25,26,27,30,31). The zero-order valence-corrected chi connectivity index (χ0v) is 22.1. The van der Waals surface area contributed by atoms with Gasteiger partial charge < -0.3 is 9.47 Å². The number of thiazole rings is 1. The van der Waals surface area contributed by atoms with Crippen molar-refractivity contribution in [3.63, 3.8) is 0 Å². The van der Waals surface area contributed by atoms with Crippen LogP contribution >= 0.6 is 27.3 Å². The van der Waals surface area contributed by atoms with E-state index in [0.717, 1.165) is 17.0 Å². The SMILES string of the molecule is CN(C)CCS(=O)(=O)c1ccc2nc(NC(=O)NC(=O)c3cc(-n4cccc4)ccc3Br)sc2c1. The lowest BCUT2D eigenvalue weighted by atomic mass is 10.2. The van der Waals surface area contributed by atoms with Crippen LogP contribution < -0.4 is 10.6 Å². The van der Waals surface area contributed by atoms with E-state index in [-0.39, 0.29) is 15.8 Å². The maximum absolute atomic E-state index is 12.7. The van der Waals surface area contributed by atoms with Gasteiger partial charge in [-0.15, -0.1) is 0 Å². The molecule has 0 aliphatic heterocycles. The molecule has 0 atom stereocenters. The van der Waals surface area contributed by atoms with Gasteiger partial charge in [0.05, 0.1) is 26.4 Å². The predicted octanol–water partition coefficient (Wildman–Crippen LogP) is 4.15. The molecule has 0 radical (unpaired) electrons. The Hall–Kier alpha value is -3.06. The molecule has 35 heavy (non-hydrogen) atoms. The first-order chi connectivity index (χ1) is 16.6. The minimum Gasteiger partial charge on any atom is -0.324 e.